The van der Waals surface area contributed by atoms with Crippen molar-refractivity contribution < 1.29 is 14.3 Å². The Morgan fingerprint density at radius 2 is 1.12 bits per heavy atom. The number of hydrogen-bond acceptors (Lipinski definition) is 3. The van der Waals surface area contributed by atoms with Crippen molar-refractivity contribution in [3.63, 3.8) is 0 Å². The van der Waals surface area contributed by atoms with Crippen LogP contribution in [0.4, 0.5) is 0 Å². The van der Waals surface area contributed by atoms with Crippen molar-refractivity contribution in [2.24, 2.45) is 11.8 Å². The zero-order valence-corrected chi connectivity index (χ0v) is 27.1. The van der Waals surface area contributed by atoms with Gasteiger partial charge in [-0.05, 0) is 0 Å². The zero-order valence-electron chi connectivity index (χ0n) is 24.6. The number of halogens is 1. The Labute approximate surface area is 263 Å². The number of benzene rings is 4. The molecule has 0 heterocycles. The number of fused-ring (bicyclic) bond motifs is 1. The molecule has 0 aliphatic heterocycles. The fourth-order valence-electron chi connectivity index (χ4n) is 7.12. The molecule has 0 N–H and O–H groups in total. The molecular formula is C38H38BrO3P. The third-order valence-corrected chi connectivity index (χ3v) is 19.2. The fourth-order valence-corrected chi connectivity index (χ4v) is 15.9. The molecule has 5 heteroatoms. The van der Waals surface area contributed by atoms with Gasteiger partial charge in [0.1, 0.15) is 0 Å². The van der Waals surface area contributed by atoms with Crippen molar-refractivity contribution in [1.82, 2.24) is 0 Å². The fraction of sp³-hybridized carbons (Fsp3) is 0.263. The predicted molar refractivity (Wildman–Crippen MR) is 183 cm³/mol. The minimum absolute atomic E-state index is 0.0391. The van der Waals surface area contributed by atoms with Crippen LogP contribution in [0, 0.1) is 11.8 Å². The second-order valence-electron chi connectivity index (χ2n) is 12.1. The van der Waals surface area contributed by atoms with Gasteiger partial charge in [-0.25, -0.2) is 0 Å². The van der Waals surface area contributed by atoms with Crippen molar-refractivity contribution in [2.45, 2.75) is 39.0 Å². The van der Waals surface area contributed by atoms with Gasteiger partial charge < -0.3 is 0 Å². The molecule has 2 aliphatic carbocycles. The van der Waals surface area contributed by atoms with E-state index in [0.717, 1.165) is 31.8 Å². The van der Waals surface area contributed by atoms with Crippen LogP contribution in [0.1, 0.15) is 59.7 Å². The first-order valence-electron chi connectivity index (χ1n) is 15.4. The Balaban J connectivity index is 1.40. The van der Waals surface area contributed by atoms with E-state index in [1.54, 1.807) is 12.1 Å². The molecule has 1 atom stereocenters. The van der Waals surface area contributed by atoms with E-state index >= 15 is 0 Å². The summed E-state index contributed by atoms with van der Waals surface area (Å²) in [5, 5.41) is 0.574. The molecule has 220 valence electrons. The van der Waals surface area contributed by atoms with Crippen molar-refractivity contribution in [2.75, 3.05) is 12.8 Å². The quantitative estimate of drug-likeness (QED) is 0.171. The van der Waals surface area contributed by atoms with E-state index in [-0.39, 0.29) is 29.2 Å². The number of allylic oxidation sites excluding steroid dienone is 2. The van der Waals surface area contributed by atoms with E-state index in [4.69, 9.17) is 4.74 Å². The van der Waals surface area contributed by atoms with Gasteiger partial charge in [-0.15, -0.1) is 0 Å². The number of carbonyl (C=O) groups is 2. The van der Waals surface area contributed by atoms with Gasteiger partial charge in [0, 0.05) is 0 Å². The van der Waals surface area contributed by atoms with E-state index in [1.165, 1.54) is 22.3 Å². The van der Waals surface area contributed by atoms with E-state index in [2.05, 4.69) is 113 Å². The van der Waals surface area contributed by atoms with Gasteiger partial charge in [0.05, 0.1) is 0 Å². The Bertz CT molecular complexity index is 1540. The van der Waals surface area contributed by atoms with Gasteiger partial charge in [-0.3, -0.25) is 0 Å². The number of Topliss-reactive ketones (excluding diaryl/α,β-unsaturated/α-hetero) is 2. The van der Waals surface area contributed by atoms with Crippen molar-refractivity contribution >= 4 is 48.3 Å². The van der Waals surface area contributed by atoms with E-state index < -0.39 is 5.31 Å². The van der Waals surface area contributed by atoms with Crippen LogP contribution in [0.15, 0.2) is 127 Å². The van der Waals surface area contributed by atoms with Crippen LogP contribution in [-0.2, 0) is 4.74 Å². The molecular weight excluding hydrogens is 615 g/mol. The van der Waals surface area contributed by atoms with Crippen LogP contribution in [0.25, 0.3) is 0 Å². The van der Waals surface area contributed by atoms with Crippen LogP contribution in [0.3, 0.4) is 0 Å². The number of ether oxygens (including phenoxy) is 1. The average Bonchev–Trinajstić information content (AvgIpc) is 3.07. The molecule has 2 aliphatic rings. The van der Waals surface area contributed by atoms with Gasteiger partial charge in [-0.2, -0.15) is 0 Å². The number of carbonyl (C=O) groups excluding carboxylic acids is 2. The molecule has 1 saturated carbocycles. The molecule has 1 fully saturated rings. The van der Waals surface area contributed by atoms with Crippen molar-refractivity contribution in [3.05, 3.63) is 138 Å². The van der Waals surface area contributed by atoms with E-state index in [0.29, 0.717) is 23.3 Å². The molecule has 0 spiro atoms. The molecule has 0 aromatic heterocycles. The molecule has 4 aromatic carbocycles. The van der Waals surface area contributed by atoms with Crippen LogP contribution >= 0.6 is 20.8 Å². The van der Waals surface area contributed by atoms with E-state index in [1.807, 2.05) is 12.1 Å². The van der Waals surface area contributed by atoms with Gasteiger partial charge in [-0.1, -0.05) is 0 Å². The molecule has 3 nitrogen and oxygen atoms in total. The summed E-state index contributed by atoms with van der Waals surface area (Å²) in [6, 6.07) is 39.4. The molecule has 0 bridgehead atoms. The maximum absolute atomic E-state index is 13.9. The van der Waals surface area contributed by atoms with Gasteiger partial charge >= 0.3 is 264 Å². The zero-order chi connectivity index (χ0) is 29.9. The number of rotatable bonds is 9. The first kappa shape index (κ1) is 29.7. The van der Waals surface area contributed by atoms with Gasteiger partial charge in [0.25, 0.3) is 0 Å². The molecule has 0 radical (unpaired) electrons. The summed E-state index contributed by atoms with van der Waals surface area (Å²) in [4.78, 5) is 27.8. The monoisotopic (exact) mass is 652 g/mol. The number of ketones is 2. The topological polar surface area (TPSA) is 43.4 Å². The SMILES string of the molecule is CC(COC1=C(C2CCCCC2)C(=O)c2ccccc2C1=O)CP(Br)(c1ccccc1)(c1ccccc1)c1ccccc1. The minimum atomic E-state index is -3.17. The first-order valence-corrected chi connectivity index (χ1v) is 19.8. The van der Waals surface area contributed by atoms with Crippen LogP contribution < -0.4 is 15.9 Å². The molecule has 43 heavy (non-hydrogen) atoms. The van der Waals surface area contributed by atoms with Gasteiger partial charge in [0.2, 0.25) is 0 Å². The predicted octanol–water partition coefficient (Wildman–Crippen LogP) is 8.39. The second-order valence-corrected chi connectivity index (χ2v) is 21.0. The molecule has 1 unspecified atom stereocenters. The second kappa shape index (κ2) is 12.3. The Hall–Kier alpha value is -3.33. The molecule has 0 saturated heterocycles. The average molecular weight is 654 g/mol. The normalized spacial score (nSPS) is 17.6. The summed E-state index contributed by atoms with van der Waals surface area (Å²) in [5.41, 5.74) is 1.56. The summed E-state index contributed by atoms with van der Waals surface area (Å²) in [5.74, 6) is 0.197. The summed E-state index contributed by atoms with van der Waals surface area (Å²) < 4.78 is 6.56. The maximum atomic E-state index is 13.9. The number of hydrogen-bond donors (Lipinski definition) is 0. The van der Waals surface area contributed by atoms with E-state index in [9.17, 15) is 9.59 Å². The Morgan fingerprint density at radius 1 is 0.674 bits per heavy atom. The summed E-state index contributed by atoms with van der Waals surface area (Å²) in [6.45, 7) is 2.53. The van der Waals surface area contributed by atoms with Crippen LogP contribution in [-0.4, -0.2) is 24.3 Å². The van der Waals surface area contributed by atoms with Crippen LogP contribution in [0.5, 0.6) is 0 Å². The molecule has 0 amide bonds. The first-order chi connectivity index (χ1) is 20.9. The van der Waals surface area contributed by atoms with Crippen LogP contribution in [0.2, 0.25) is 0 Å². The molecule has 6 rings (SSSR count). The van der Waals surface area contributed by atoms with Crippen molar-refractivity contribution in [3.8, 4) is 0 Å². The van der Waals surface area contributed by atoms with Gasteiger partial charge in [0.15, 0.2) is 0 Å². The third kappa shape index (κ3) is 5.34. The third-order valence-electron chi connectivity index (χ3n) is 9.18. The van der Waals surface area contributed by atoms with Crippen molar-refractivity contribution in [1.29, 1.82) is 0 Å². The summed E-state index contributed by atoms with van der Waals surface area (Å²) in [6.07, 6.45) is 5.95. The summed E-state index contributed by atoms with van der Waals surface area (Å²) >= 11 is 4.54. The Morgan fingerprint density at radius 3 is 1.60 bits per heavy atom. The Kier molecular flexibility index (Phi) is 8.54. The standard InChI is InChI=1S/C38H38BrO3P/c1-28(26-42-38-35(29-16-6-2-7-17-29)36(40)33-24-14-15-25-34(33)37(38)41)27-43(39,30-18-8-3-9-19-30,31-20-10-4-11-21-31)32-22-12-5-13-23-32/h3-5,8-15,18-25,28-29H,2,6-7,16-17,26-27H2,1H3. The summed E-state index contributed by atoms with van der Waals surface area (Å²) in [7, 11) is 0. The molecule has 4 aromatic rings.